The number of hydrogen-bond acceptors (Lipinski definition) is 6. The maximum absolute atomic E-state index is 10.5. The van der Waals surface area contributed by atoms with Crippen molar-refractivity contribution in [2.24, 2.45) is 5.73 Å². The molecule has 2 N–H and O–H groups in total. The second-order valence-electron chi connectivity index (χ2n) is 3.91. The molecule has 0 spiro atoms. The molecule has 0 saturated heterocycles. The van der Waals surface area contributed by atoms with Crippen molar-refractivity contribution in [2.45, 2.75) is 0 Å². The van der Waals surface area contributed by atoms with E-state index in [9.17, 15) is 10.1 Å². The monoisotopic (exact) mass is 291 g/mol. The van der Waals surface area contributed by atoms with Crippen LogP contribution in [0.25, 0.3) is 6.08 Å². The molecule has 0 heterocycles. The Kier molecular flexibility index (Phi) is 5.61. The standard InChI is InChI=1S/C15H9N5O2/c16-8-12(15(19)13(9-17)10-18)3-1-2-11-4-6-14(7-5-11)20(21)22/h1-7H,19H2/b2-1-,12-3-. The van der Waals surface area contributed by atoms with E-state index in [1.165, 1.54) is 24.3 Å². The van der Waals surface area contributed by atoms with Gasteiger partial charge in [-0.3, -0.25) is 10.1 Å². The van der Waals surface area contributed by atoms with Crippen LogP contribution in [0.15, 0.2) is 53.3 Å². The van der Waals surface area contributed by atoms with Gasteiger partial charge in [-0.25, -0.2) is 0 Å². The van der Waals surface area contributed by atoms with E-state index in [1.807, 2.05) is 0 Å². The molecule has 0 atom stereocenters. The summed E-state index contributed by atoms with van der Waals surface area (Å²) in [6.45, 7) is 0. The van der Waals surface area contributed by atoms with E-state index in [1.54, 1.807) is 36.4 Å². The van der Waals surface area contributed by atoms with Crippen molar-refractivity contribution in [3.63, 3.8) is 0 Å². The third-order valence-electron chi connectivity index (χ3n) is 2.56. The first-order chi connectivity index (χ1) is 10.5. The van der Waals surface area contributed by atoms with Gasteiger partial charge in [0.05, 0.1) is 16.2 Å². The number of rotatable bonds is 4. The summed E-state index contributed by atoms with van der Waals surface area (Å²) in [7, 11) is 0. The average Bonchev–Trinajstić information content (AvgIpc) is 2.53. The Bertz CT molecular complexity index is 780. The zero-order chi connectivity index (χ0) is 16.5. The van der Waals surface area contributed by atoms with E-state index >= 15 is 0 Å². The van der Waals surface area contributed by atoms with E-state index in [0.29, 0.717) is 5.56 Å². The summed E-state index contributed by atoms with van der Waals surface area (Å²) in [5.74, 6) is 0. The number of hydrogen-bond donors (Lipinski definition) is 1. The topological polar surface area (TPSA) is 141 Å². The number of nitrogens with zero attached hydrogens (tertiary/aromatic N) is 4. The number of benzene rings is 1. The van der Waals surface area contributed by atoms with E-state index in [2.05, 4.69) is 0 Å². The van der Waals surface area contributed by atoms with Gasteiger partial charge in [-0.2, -0.15) is 15.8 Å². The fourth-order valence-electron chi connectivity index (χ4n) is 1.43. The van der Waals surface area contributed by atoms with Gasteiger partial charge in [0.2, 0.25) is 0 Å². The molecule has 1 aromatic carbocycles. The SMILES string of the molecule is N#CC(C#N)=C(N)/C(C#N)=C\C=C/c1ccc([N+](=O)[O-])cc1. The predicted molar refractivity (Wildman–Crippen MR) is 78.3 cm³/mol. The van der Waals surface area contributed by atoms with Crippen molar-refractivity contribution in [1.82, 2.24) is 0 Å². The largest absolute Gasteiger partial charge is 0.396 e. The summed E-state index contributed by atoms with van der Waals surface area (Å²) in [5, 5.41) is 36.9. The predicted octanol–water partition coefficient (Wildman–Crippen LogP) is 2.32. The Hall–Kier alpha value is -3.89. The maximum atomic E-state index is 10.5. The maximum Gasteiger partial charge on any atom is 0.269 e. The molecule has 0 bridgehead atoms. The summed E-state index contributed by atoms with van der Waals surface area (Å²) < 4.78 is 0. The van der Waals surface area contributed by atoms with Crippen LogP contribution in [0.5, 0.6) is 0 Å². The number of allylic oxidation sites excluding steroid dienone is 4. The molecule has 1 aromatic rings. The van der Waals surface area contributed by atoms with Crippen LogP contribution >= 0.6 is 0 Å². The molecular weight excluding hydrogens is 282 g/mol. The lowest BCUT2D eigenvalue weighted by Gasteiger charge is -1.96. The number of nitriles is 3. The minimum Gasteiger partial charge on any atom is -0.396 e. The Morgan fingerprint density at radius 2 is 1.73 bits per heavy atom. The van der Waals surface area contributed by atoms with Crippen LogP contribution in [0.3, 0.4) is 0 Å². The lowest BCUT2D eigenvalue weighted by molar-refractivity contribution is -0.384. The Balaban J connectivity index is 3.01. The zero-order valence-corrected chi connectivity index (χ0v) is 11.2. The first-order valence-electron chi connectivity index (χ1n) is 5.86. The molecule has 0 saturated carbocycles. The van der Waals surface area contributed by atoms with Crippen molar-refractivity contribution >= 4 is 11.8 Å². The van der Waals surface area contributed by atoms with Gasteiger partial charge in [0.25, 0.3) is 5.69 Å². The summed E-state index contributed by atoms with van der Waals surface area (Å²) >= 11 is 0. The third kappa shape index (κ3) is 4.06. The molecule has 0 aliphatic rings. The van der Waals surface area contributed by atoms with E-state index in [-0.39, 0.29) is 22.5 Å². The molecule has 7 nitrogen and oxygen atoms in total. The third-order valence-corrected chi connectivity index (χ3v) is 2.56. The van der Waals surface area contributed by atoms with Crippen LogP contribution in [0.2, 0.25) is 0 Å². The average molecular weight is 291 g/mol. The van der Waals surface area contributed by atoms with Crippen LogP contribution < -0.4 is 5.73 Å². The molecule has 0 unspecified atom stereocenters. The van der Waals surface area contributed by atoms with Gasteiger partial charge in [-0.15, -0.1) is 0 Å². The van der Waals surface area contributed by atoms with E-state index in [0.717, 1.165) is 0 Å². The highest BCUT2D eigenvalue weighted by Gasteiger charge is 2.06. The molecule has 0 aromatic heterocycles. The molecule has 0 radical (unpaired) electrons. The van der Waals surface area contributed by atoms with Gasteiger partial charge in [-0.05, 0) is 23.8 Å². The zero-order valence-electron chi connectivity index (χ0n) is 11.2. The number of nitro groups is 1. The lowest BCUT2D eigenvalue weighted by atomic mass is 10.1. The van der Waals surface area contributed by atoms with Crippen LogP contribution in [0.4, 0.5) is 5.69 Å². The molecule has 106 valence electrons. The van der Waals surface area contributed by atoms with Crippen molar-refractivity contribution < 1.29 is 4.92 Å². The number of nitrogens with two attached hydrogens (primary N) is 1. The lowest BCUT2D eigenvalue weighted by Crippen LogP contribution is -2.03. The molecule has 0 fully saturated rings. The first kappa shape index (κ1) is 16.2. The normalized spacial score (nSPS) is 10.3. The van der Waals surface area contributed by atoms with Gasteiger partial charge < -0.3 is 5.73 Å². The summed E-state index contributed by atoms with van der Waals surface area (Å²) in [6, 6.07) is 10.8. The van der Waals surface area contributed by atoms with Crippen LogP contribution in [0, 0.1) is 44.1 Å². The molecule has 0 aliphatic carbocycles. The van der Waals surface area contributed by atoms with Crippen molar-refractivity contribution in [2.75, 3.05) is 0 Å². The highest BCUT2D eigenvalue weighted by atomic mass is 16.6. The minimum absolute atomic E-state index is 0.0174. The second-order valence-corrected chi connectivity index (χ2v) is 3.91. The molecule has 0 aliphatic heterocycles. The molecule has 0 amide bonds. The van der Waals surface area contributed by atoms with Crippen LogP contribution in [-0.4, -0.2) is 4.92 Å². The first-order valence-corrected chi connectivity index (χ1v) is 5.86. The van der Waals surface area contributed by atoms with Crippen LogP contribution in [-0.2, 0) is 0 Å². The molecule has 1 rings (SSSR count). The van der Waals surface area contributed by atoms with E-state index < -0.39 is 4.92 Å². The number of non-ortho nitro benzene ring substituents is 1. The highest BCUT2D eigenvalue weighted by Crippen LogP contribution is 2.13. The summed E-state index contributed by atoms with van der Waals surface area (Å²) in [6.07, 6.45) is 4.46. The van der Waals surface area contributed by atoms with Crippen molar-refractivity contribution in [3.05, 3.63) is 68.9 Å². The van der Waals surface area contributed by atoms with Gasteiger partial charge in [0, 0.05) is 12.1 Å². The second kappa shape index (κ2) is 7.64. The van der Waals surface area contributed by atoms with E-state index in [4.69, 9.17) is 21.5 Å². The molecular formula is C15H9N5O2. The minimum atomic E-state index is -0.502. The highest BCUT2D eigenvalue weighted by molar-refractivity contribution is 5.57. The van der Waals surface area contributed by atoms with Crippen molar-refractivity contribution in [3.8, 4) is 18.2 Å². The smallest absolute Gasteiger partial charge is 0.269 e. The van der Waals surface area contributed by atoms with Crippen LogP contribution in [0.1, 0.15) is 5.56 Å². The molecule has 22 heavy (non-hydrogen) atoms. The Labute approximate surface area is 126 Å². The van der Waals surface area contributed by atoms with Gasteiger partial charge in [0.15, 0.2) is 5.57 Å². The number of nitro benzene ring substituents is 1. The quantitative estimate of drug-likeness (QED) is 0.390. The Morgan fingerprint density at radius 1 is 1.14 bits per heavy atom. The fourth-order valence-corrected chi connectivity index (χ4v) is 1.43. The Morgan fingerprint density at radius 3 is 2.18 bits per heavy atom. The summed E-state index contributed by atoms with van der Waals surface area (Å²) in [4.78, 5) is 10.0. The van der Waals surface area contributed by atoms with Gasteiger partial charge in [0.1, 0.15) is 18.2 Å². The van der Waals surface area contributed by atoms with Crippen molar-refractivity contribution in [1.29, 1.82) is 15.8 Å². The fraction of sp³-hybridized carbons (Fsp3) is 0. The van der Waals surface area contributed by atoms with Gasteiger partial charge >= 0.3 is 0 Å². The molecule has 7 heteroatoms. The summed E-state index contributed by atoms with van der Waals surface area (Å²) in [5.41, 5.74) is 5.67. The van der Waals surface area contributed by atoms with Gasteiger partial charge in [-0.1, -0.05) is 12.2 Å².